The predicted molar refractivity (Wildman–Crippen MR) is 79.6 cm³/mol. The maximum atomic E-state index is 11.4. The Morgan fingerprint density at radius 2 is 2.05 bits per heavy atom. The third kappa shape index (κ3) is 4.32. The second-order valence-corrected chi connectivity index (χ2v) is 4.37. The molecular weight excluding hydrogens is 240 g/mol. The number of hydrogen-bond acceptors (Lipinski definition) is 4. The Morgan fingerprint density at radius 3 is 2.63 bits per heavy atom. The van der Waals surface area contributed by atoms with Crippen LogP contribution in [0.25, 0.3) is 0 Å². The average Bonchev–Trinajstić information content (AvgIpc) is 2.43. The molecule has 0 spiro atoms. The van der Waals surface area contributed by atoms with Gasteiger partial charge in [-0.15, -0.1) is 0 Å². The van der Waals surface area contributed by atoms with Crippen molar-refractivity contribution in [1.82, 2.24) is 0 Å². The molecule has 1 N–H and O–H groups in total. The summed E-state index contributed by atoms with van der Waals surface area (Å²) in [6.07, 6.45) is 2.54. The third-order valence-electron chi connectivity index (χ3n) is 2.86. The SMILES string of the molecule is CC/C(=C/CNc1ccccc1N(C)C)C(=O)OC. The lowest BCUT2D eigenvalue weighted by Gasteiger charge is -2.17. The monoisotopic (exact) mass is 262 g/mol. The zero-order valence-electron chi connectivity index (χ0n) is 12.1. The highest BCUT2D eigenvalue weighted by Gasteiger charge is 2.06. The van der Waals surface area contributed by atoms with Gasteiger partial charge in [0.05, 0.1) is 18.5 Å². The van der Waals surface area contributed by atoms with Crippen LogP contribution in [0, 0.1) is 0 Å². The van der Waals surface area contributed by atoms with Crippen molar-refractivity contribution in [2.75, 3.05) is 38.0 Å². The summed E-state index contributed by atoms with van der Waals surface area (Å²) in [5.41, 5.74) is 2.86. The van der Waals surface area contributed by atoms with E-state index >= 15 is 0 Å². The lowest BCUT2D eigenvalue weighted by atomic mass is 10.2. The van der Waals surface area contributed by atoms with Crippen LogP contribution in [0.2, 0.25) is 0 Å². The van der Waals surface area contributed by atoms with Crippen LogP contribution in [-0.2, 0) is 9.53 Å². The number of ether oxygens (including phenoxy) is 1. The van der Waals surface area contributed by atoms with Gasteiger partial charge in [0.2, 0.25) is 0 Å². The van der Waals surface area contributed by atoms with Crippen LogP contribution in [0.4, 0.5) is 11.4 Å². The van der Waals surface area contributed by atoms with Crippen molar-refractivity contribution in [3.63, 3.8) is 0 Å². The molecule has 1 aromatic carbocycles. The molecule has 0 fully saturated rings. The molecule has 0 aliphatic carbocycles. The molecule has 0 unspecified atom stereocenters. The molecule has 0 atom stereocenters. The number of benzene rings is 1. The topological polar surface area (TPSA) is 41.6 Å². The Balaban J connectivity index is 2.72. The summed E-state index contributed by atoms with van der Waals surface area (Å²) in [6.45, 7) is 2.54. The summed E-state index contributed by atoms with van der Waals surface area (Å²) < 4.78 is 4.72. The lowest BCUT2D eigenvalue weighted by molar-refractivity contribution is -0.136. The fourth-order valence-electron chi connectivity index (χ4n) is 1.80. The Hall–Kier alpha value is -1.97. The van der Waals surface area contributed by atoms with Gasteiger partial charge >= 0.3 is 5.97 Å². The number of carbonyl (C=O) groups is 1. The molecule has 0 aliphatic rings. The summed E-state index contributed by atoms with van der Waals surface area (Å²) in [4.78, 5) is 13.5. The highest BCUT2D eigenvalue weighted by Crippen LogP contribution is 2.23. The number of hydrogen-bond donors (Lipinski definition) is 1. The van der Waals surface area contributed by atoms with Crippen molar-refractivity contribution in [3.8, 4) is 0 Å². The molecule has 0 aromatic heterocycles. The second kappa shape index (κ2) is 7.46. The number of carbonyl (C=O) groups excluding carboxylic acids is 1. The van der Waals surface area contributed by atoms with E-state index in [9.17, 15) is 4.79 Å². The van der Waals surface area contributed by atoms with Crippen LogP contribution in [0.15, 0.2) is 35.9 Å². The molecule has 0 saturated carbocycles. The Morgan fingerprint density at radius 1 is 1.37 bits per heavy atom. The van der Waals surface area contributed by atoms with E-state index < -0.39 is 0 Å². The normalized spacial score (nSPS) is 11.1. The Bertz CT molecular complexity index is 453. The van der Waals surface area contributed by atoms with E-state index in [2.05, 4.69) is 5.32 Å². The smallest absolute Gasteiger partial charge is 0.333 e. The minimum absolute atomic E-state index is 0.259. The van der Waals surface area contributed by atoms with Crippen molar-refractivity contribution >= 4 is 17.3 Å². The molecule has 19 heavy (non-hydrogen) atoms. The molecule has 4 nitrogen and oxygen atoms in total. The Labute approximate surface area is 115 Å². The van der Waals surface area contributed by atoms with Crippen molar-refractivity contribution < 1.29 is 9.53 Å². The molecule has 1 aromatic rings. The predicted octanol–water partition coefficient (Wildman–Crippen LogP) is 2.67. The number of nitrogens with zero attached hydrogens (tertiary/aromatic N) is 1. The van der Waals surface area contributed by atoms with Gasteiger partial charge in [0.1, 0.15) is 0 Å². The second-order valence-electron chi connectivity index (χ2n) is 4.37. The number of methoxy groups -OCH3 is 1. The van der Waals surface area contributed by atoms with Crippen molar-refractivity contribution in [3.05, 3.63) is 35.9 Å². The van der Waals surface area contributed by atoms with E-state index in [0.29, 0.717) is 18.5 Å². The summed E-state index contributed by atoms with van der Waals surface area (Å²) in [6, 6.07) is 8.06. The zero-order chi connectivity index (χ0) is 14.3. The van der Waals surface area contributed by atoms with E-state index in [-0.39, 0.29) is 5.97 Å². The van der Waals surface area contributed by atoms with Gasteiger partial charge in [0, 0.05) is 26.2 Å². The van der Waals surface area contributed by atoms with E-state index in [4.69, 9.17) is 4.74 Å². The number of anilines is 2. The molecule has 104 valence electrons. The standard InChI is InChI=1S/C15H22N2O2/c1-5-12(15(18)19-4)10-11-16-13-8-6-7-9-14(13)17(2)3/h6-10,16H,5,11H2,1-4H3/b12-10-. The van der Waals surface area contributed by atoms with Gasteiger partial charge < -0.3 is 15.0 Å². The van der Waals surface area contributed by atoms with Gasteiger partial charge in [-0.05, 0) is 18.6 Å². The van der Waals surface area contributed by atoms with Crippen LogP contribution < -0.4 is 10.2 Å². The van der Waals surface area contributed by atoms with Gasteiger partial charge in [-0.25, -0.2) is 4.79 Å². The van der Waals surface area contributed by atoms with Crippen LogP contribution >= 0.6 is 0 Å². The van der Waals surface area contributed by atoms with Crippen LogP contribution in [-0.4, -0.2) is 33.7 Å². The van der Waals surface area contributed by atoms with E-state index in [1.807, 2.05) is 56.3 Å². The first kappa shape index (κ1) is 15.1. The van der Waals surface area contributed by atoms with Gasteiger partial charge in [-0.3, -0.25) is 0 Å². The van der Waals surface area contributed by atoms with Crippen LogP contribution in [0.1, 0.15) is 13.3 Å². The molecule has 0 heterocycles. The summed E-state index contributed by atoms with van der Waals surface area (Å²) >= 11 is 0. The minimum atomic E-state index is -0.259. The lowest BCUT2D eigenvalue weighted by Crippen LogP contribution is -2.12. The van der Waals surface area contributed by atoms with Crippen LogP contribution in [0.3, 0.4) is 0 Å². The number of para-hydroxylation sites is 2. The summed E-state index contributed by atoms with van der Waals surface area (Å²) in [7, 11) is 5.41. The van der Waals surface area contributed by atoms with E-state index in [1.165, 1.54) is 7.11 Å². The van der Waals surface area contributed by atoms with Crippen LogP contribution in [0.5, 0.6) is 0 Å². The number of rotatable bonds is 6. The van der Waals surface area contributed by atoms with Crippen molar-refractivity contribution in [1.29, 1.82) is 0 Å². The molecule has 0 amide bonds. The minimum Gasteiger partial charge on any atom is -0.466 e. The zero-order valence-corrected chi connectivity index (χ0v) is 12.1. The van der Waals surface area contributed by atoms with E-state index in [1.54, 1.807) is 0 Å². The first-order chi connectivity index (χ1) is 9.10. The van der Waals surface area contributed by atoms with Gasteiger partial charge in [-0.2, -0.15) is 0 Å². The molecular formula is C15H22N2O2. The molecule has 0 aliphatic heterocycles. The Kier molecular flexibility index (Phi) is 5.93. The average molecular weight is 262 g/mol. The molecule has 0 radical (unpaired) electrons. The first-order valence-electron chi connectivity index (χ1n) is 6.37. The fraction of sp³-hybridized carbons (Fsp3) is 0.400. The van der Waals surface area contributed by atoms with Gasteiger partial charge in [0.25, 0.3) is 0 Å². The molecule has 4 heteroatoms. The maximum absolute atomic E-state index is 11.4. The van der Waals surface area contributed by atoms with Gasteiger partial charge in [0.15, 0.2) is 0 Å². The van der Waals surface area contributed by atoms with E-state index in [0.717, 1.165) is 11.4 Å². The maximum Gasteiger partial charge on any atom is 0.333 e. The van der Waals surface area contributed by atoms with Crippen molar-refractivity contribution in [2.45, 2.75) is 13.3 Å². The number of esters is 1. The summed E-state index contributed by atoms with van der Waals surface area (Å²) in [5, 5.41) is 3.31. The molecule has 0 saturated heterocycles. The fourth-order valence-corrected chi connectivity index (χ4v) is 1.80. The van der Waals surface area contributed by atoms with Gasteiger partial charge in [-0.1, -0.05) is 25.1 Å². The largest absolute Gasteiger partial charge is 0.466 e. The van der Waals surface area contributed by atoms with Crippen molar-refractivity contribution in [2.24, 2.45) is 0 Å². The highest BCUT2D eigenvalue weighted by atomic mass is 16.5. The number of nitrogens with one attached hydrogen (secondary N) is 1. The molecule has 1 rings (SSSR count). The first-order valence-corrected chi connectivity index (χ1v) is 6.37. The third-order valence-corrected chi connectivity index (χ3v) is 2.86. The quantitative estimate of drug-likeness (QED) is 0.632. The molecule has 0 bridgehead atoms. The summed E-state index contributed by atoms with van der Waals surface area (Å²) in [5.74, 6) is -0.259. The highest BCUT2D eigenvalue weighted by molar-refractivity contribution is 5.88.